The number of rotatable bonds is 3. The number of pyridine rings is 1. The number of halogens is 3. The van der Waals surface area contributed by atoms with Crippen LogP contribution in [-0.2, 0) is 0 Å². The largest absolute Gasteiger partial charge is 0.494 e. The maximum Gasteiger partial charge on any atom is 0.341 e. The quantitative estimate of drug-likeness (QED) is 0.877. The summed E-state index contributed by atoms with van der Waals surface area (Å²) < 4.78 is 29.3. The summed E-state index contributed by atoms with van der Waals surface area (Å²) in [5.41, 5.74) is -1.05. The number of aromatic carboxylic acids is 1. The molecule has 0 spiro atoms. The zero-order valence-corrected chi connectivity index (χ0v) is 8.26. The highest BCUT2D eigenvalue weighted by molar-refractivity contribution is 6.33. The van der Waals surface area contributed by atoms with Crippen molar-refractivity contribution in [3.8, 4) is 5.75 Å². The molecule has 0 aromatic carbocycles. The van der Waals surface area contributed by atoms with Gasteiger partial charge in [0.2, 0.25) is 0 Å². The van der Waals surface area contributed by atoms with E-state index >= 15 is 0 Å². The molecule has 15 heavy (non-hydrogen) atoms. The smallest absolute Gasteiger partial charge is 0.341 e. The number of alkyl halides is 2. The van der Waals surface area contributed by atoms with E-state index in [4.69, 9.17) is 16.7 Å². The summed E-state index contributed by atoms with van der Waals surface area (Å²) in [6.45, 7) is 0. The van der Waals surface area contributed by atoms with E-state index in [-0.39, 0.29) is 11.3 Å². The molecule has 1 heterocycles. The first-order valence-electron chi connectivity index (χ1n) is 3.72. The Hall–Kier alpha value is -1.43. The van der Waals surface area contributed by atoms with Crippen LogP contribution in [0.15, 0.2) is 6.20 Å². The fourth-order valence-electron chi connectivity index (χ4n) is 0.988. The topological polar surface area (TPSA) is 59.4 Å². The van der Waals surface area contributed by atoms with Gasteiger partial charge in [0.1, 0.15) is 16.3 Å². The van der Waals surface area contributed by atoms with Crippen molar-refractivity contribution in [1.82, 2.24) is 4.98 Å². The fraction of sp³-hybridized carbons (Fsp3) is 0.250. The summed E-state index contributed by atoms with van der Waals surface area (Å²) in [6.07, 6.45) is -2.09. The molecule has 0 amide bonds. The van der Waals surface area contributed by atoms with Crippen LogP contribution in [0, 0.1) is 0 Å². The number of aromatic nitrogens is 1. The van der Waals surface area contributed by atoms with Crippen molar-refractivity contribution in [3.05, 3.63) is 22.5 Å². The highest BCUT2D eigenvalue weighted by Crippen LogP contribution is 2.35. The molecule has 0 fully saturated rings. The van der Waals surface area contributed by atoms with Gasteiger partial charge >= 0.3 is 5.97 Å². The molecule has 0 aliphatic carbocycles. The Labute approximate surface area is 88.4 Å². The van der Waals surface area contributed by atoms with E-state index in [0.29, 0.717) is 0 Å². The second kappa shape index (κ2) is 4.39. The summed E-state index contributed by atoms with van der Waals surface area (Å²) in [5, 5.41) is 8.21. The molecule has 1 rings (SSSR count). The van der Waals surface area contributed by atoms with Crippen LogP contribution in [0.2, 0.25) is 5.02 Å². The molecule has 0 bridgehead atoms. The summed E-state index contributed by atoms with van der Waals surface area (Å²) >= 11 is 5.52. The molecule has 0 saturated heterocycles. The van der Waals surface area contributed by atoms with E-state index in [9.17, 15) is 13.6 Å². The first kappa shape index (κ1) is 11.6. The van der Waals surface area contributed by atoms with Crippen LogP contribution in [-0.4, -0.2) is 23.2 Å². The number of hydrogen-bond acceptors (Lipinski definition) is 3. The highest BCUT2D eigenvalue weighted by Gasteiger charge is 2.22. The van der Waals surface area contributed by atoms with Crippen molar-refractivity contribution in [2.45, 2.75) is 6.43 Å². The second-order valence-corrected chi connectivity index (χ2v) is 2.89. The van der Waals surface area contributed by atoms with Crippen LogP contribution in [0.25, 0.3) is 0 Å². The van der Waals surface area contributed by atoms with Crippen molar-refractivity contribution in [1.29, 1.82) is 0 Å². The summed E-state index contributed by atoms with van der Waals surface area (Å²) in [7, 11) is 1.14. The summed E-state index contributed by atoms with van der Waals surface area (Å²) in [4.78, 5) is 13.9. The summed E-state index contributed by atoms with van der Waals surface area (Å²) in [6, 6.07) is 0. The maximum absolute atomic E-state index is 12.3. The number of carboxylic acid groups (broad SMARTS) is 1. The average Bonchev–Trinajstić information content (AvgIpc) is 2.16. The Morgan fingerprint density at radius 1 is 1.67 bits per heavy atom. The number of methoxy groups -OCH3 is 1. The molecule has 0 unspecified atom stereocenters. The monoisotopic (exact) mass is 237 g/mol. The predicted octanol–water partition coefficient (Wildman–Crippen LogP) is 2.38. The SMILES string of the molecule is COc1c(C(=O)O)cnc(C(F)F)c1Cl. The molecule has 1 aromatic heterocycles. The number of hydrogen-bond donors (Lipinski definition) is 1. The van der Waals surface area contributed by atoms with Gasteiger partial charge in [0, 0.05) is 6.20 Å². The zero-order chi connectivity index (χ0) is 11.6. The minimum atomic E-state index is -2.88. The Morgan fingerprint density at radius 2 is 2.27 bits per heavy atom. The molecule has 0 atom stereocenters. The van der Waals surface area contributed by atoms with Gasteiger partial charge in [0.15, 0.2) is 5.75 Å². The normalized spacial score (nSPS) is 10.5. The number of nitrogens with zero attached hydrogens (tertiary/aromatic N) is 1. The Kier molecular flexibility index (Phi) is 3.41. The van der Waals surface area contributed by atoms with Gasteiger partial charge in [0.25, 0.3) is 6.43 Å². The lowest BCUT2D eigenvalue weighted by Gasteiger charge is -2.09. The van der Waals surface area contributed by atoms with Gasteiger partial charge in [-0.2, -0.15) is 0 Å². The Morgan fingerprint density at radius 3 is 2.67 bits per heavy atom. The van der Waals surface area contributed by atoms with Gasteiger partial charge < -0.3 is 9.84 Å². The molecule has 1 aromatic rings. The molecule has 7 heteroatoms. The zero-order valence-electron chi connectivity index (χ0n) is 7.50. The summed E-state index contributed by atoms with van der Waals surface area (Å²) in [5.74, 6) is -1.66. The number of carbonyl (C=O) groups is 1. The van der Waals surface area contributed by atoms with Gasteiger partial charge in [-0.25, -0.2) is 13.6 Å². The van der Waals surface area contributed by atoms with E-state index in [2.05, 4.69) is 9.72 Å². The van der Waals surface area contributed by atoms with Crippen LogP contribution in [0.1, 0.15) is 22.5 Å². The lowest BCUT2D eigenvalue weighted by molar-refractivity contribution is 0.0692. The predicted molar refractivity (Wildman–Crippen MR) is 47.7 cm³/mol. The Bertz CT molecular complexity index is 398. The van der Waals surface area contributed by atoms with Crippen molar-refractivity contribution in [3.63, 3.8) is 0 Å². The third-order valence-corrected chi connectivity index (χ3v) is 2.01. The minimum absolute atomic E-state index is 0.311. The third-order valence-electron chi connectivity index (χ3n) is 1.64. The van der Waals surface area contributed by atoms with Gasteiger partial charge in [-0.05, 0) is 0 Å². The average molecular weight is 238 g/mol. The van der Waals surface area contributed by atoms with E-state index in [1.54, 1.807) is 0 Å². The van der Waals surface area contributed by atoms with Gasteiger partial charge in [-0.15, -0.1) is 0 Å². The van der Waals surface area contributed by atoms with Crippen molar-refractivity contribution < 1.29 is 23.4 Å². The van der Waals surface area contributed by atoms with Gasteiger partial charge in [0.05, 0.1) is 7.11 Å². The van der Waals surface area contributed by atoms with E-state index in [0.717, 1.165) is 13.3 Å². The van der Waals surface area contributed by atoms with Crippen LogP contribution in [0.4, 0.5) is 8.78 Å². The molecule has 0 aliphatic rings. The van der Waals surface area contributed by atoms with E-state index < -0.39 is 23.1 Å². The third kappa shape index (κ3) is 2.15. The van der Waals surface area contributed by atoms with Crippen molar-refractivity contribution in [2.75, 3.05) is 7.11 Å². The minimum Gasteiger partial charge on any atom is -0.494 e. The number of carboxylic acids is 1. The second-order valence-electron chi connectivity index (χ2n) is 2.51. The van der Waals surface area contributed by atoms with Gasteiger partial charge in [-0.1, -0.05) is 11.6 Å². The molecule has 0 saturated carbocycles. The lowest BCUT2D eigenvalue weighted by Crippen LogP contribution is -2.05. The molecule has 4 nitrogen and oxygen atoms in total. The molecule has 0 aliphatic heterocycles. The van der Waals surface area contributed by atoms with Crippen molar-refractivity contribution in [2.24, 2.45) is 0 Å². The number of ether oxygens (including phenoxy) is 1. The van der Waals surface area contributed by atoms with Gasteiger partial charge in [-0.3, -0.25) is 4.98 Å². The molecule has 0 radical (unpaired) electrons. The molecular weight excluding hydrogens is 232 g/mol. The van der Waals surface area contributed by atoms with Crippen LogP contribution >= 0.6 is 11.6 Å². The Balaban J connectivity index is 3.39. The van der Waals surface area contributed by atoms with E-state index in [1.807, 2.05) is 0 Å². The van der Waals surface area contributed by atoms with Crippen LogP contribution < -0.4 is 4.74 Å². The molecule has 1 N–H and O–H groups in total. The standard InChI is InChI=1S/C8H6ClF2NO3/c1-15-6-3(8(13)14)2-12-5(4(6)9)7(10)11/h2,7H,1H3,(H,13,14). The first-order chi connectivity index (χ1) is 6.99. The lowest BCUT2D eigenvalue weighted by atomic mass is 10.2. The molecule has 82 valence electrons. The van der Waals surface area contributed by atoms with Crippen LogP contribution in [0.5, 0.6) is 5.75 Å². The van der Waals surface area contributed by atoms with E-state index in [1.165, 1.54) is 0 Å². The first-order valence-corrected chi connectivity index (χ1v) is 4.10. The fourth-order valence-corrected chi connectivity index (χ4v) is 1.30. The van der Waals surface area contributed by atoms with Crippen LogP contribution in [0.3, 0.4) is 0 Å². The maximum atomic E-state index is 12.3. The van der Waals surface area contributed by atoms with Crippen molar-refractivity contribution >= 4 is 17.6 Å². The molecular formula is C8H6ClF2NO3. The highest BCUT2D eigenvalue weighted by atomic mass is 35.5.